The zero-order valence-corrected chi connectivity index (χ0v) is 11.9. The molecule has 1 N–H and O–H groups in total. The number of hydrogen-bond acceptors (Lipinski definition) is 3. The van der Waals surface area contributed by atoms with E-state index in [1.165, 1.54) is 16.7 Å². The Labute approximate surface area is 119 Å². The van der Waals surface area contributed by atoms with Crippen molar-refractivity contribution in [2.75, 3.05) is 20.3 Å². The predicted molar refractivity (Wildman–Crippen MR) is 78.5 cm³/mol. The summed E-state index contributed by atoms with van der Waals surface area (Å²) in [7, 11) is 2.16. The second-order valence-electron chi connectivity index (χ2n) is 6.50. The summed E-state index contributed by atoms with van der Waals surface area (Å²) in [6.45, 7) is 1.49. The van der Waals surface area contributed by atoms with Gasteiger partial charge in [0, 0.05) is 12.1 Å². The molecule has 3 nitrogen and oxygen atoms in total. The van der Waals surface area contributed by atoms with Gasteiger partial charge in [-0.2, -0.15) is 0 Å². The van der Waals surface area contributed by atoms with E-state index in [1.54, 1.807) is 0 Å². The molecule has 2 aliphatic heterocycles. The summed E-state index contributed by atoms with van der Waals surface area (Å²) >= 11 is 0. The van der Waals surface area contributed by atoms with Gasteiger partial charge in [-0.25, -0.2) is 0 Å². The number of nitrogens with zero attached hydrogens (tertiary/aromatic N) is 1. The molecular weight excluding hydrogens is 250 g/mol. The van der Waals surface area contributed by atoms with Crippen molar-refractivity contribution in [2.24, 2.45) is 0 Å². The molecule has 1 aromatic carbocycles. The predicted octanol–water partition coefficient (Wildman–Crippen LogP) is 1.85. The molecule has 4 rings (SSSR count). The summed E-state index contributed by atoms with van der Waals surface area (Å²) in [5.41, 5.74) is 3.17. The first kappa shape index (κ1) is 12.6. The van der Waals surface area contributed by atoms with E-state index in [1.807, 2.05) is 0 Å². The van der Waals surface area contributed by atoms with Crippen LogP contribution in [-0.4, -0.2) is 48.0 Å². The van der Waals surface area contributed by atoms with Gasteiger partial charge in [0.15, 0.2) is 0 Å². The van der Waals surface area contributed by atoms with Crippen LogP contribution in [0.3, 0.4) is 0 Å². The monoisotopic (exact) mass is 271 g/mol. The van der Waals surface area contributed by atoms with Crippen molar-refractivity contribution >= 4 is 6.08 Å². The zero-order valence-electron chi connectivity index (χ0n) is 11.9. The highest BCUT2D eigenvalue weighted by atomic mass is 16.5. The van der Waals surface area contributed by atoms with Gasteiger partial charge < -0.3 is 9.84 Å². The lowest BCUT2D eigenvalue weighted by Crippen LogP contribution is -2.60. The van der Waals surface area contributed by atoms with Crippen molar-refractivity contribution in [3.63, 3.8) is 0 Å². The van der Waals surface area contributed by atoms with Gasteiger partial charge >= 0.3 is 0 Å². The molecule has 0 aromatic heterocycles. The molecule has 2 heterocycles. The molecule has 2 bridgehead atoms. The molecule has 3 heteroatoms. The van der Waals surface area contributed by atoms with Gasteiger partial charge in [-0.15, -0.1) is 0 Å². The van der Waals surface area contributed by atoms with Gasteiger partial charge in [-0.3, -0.25) is 4.90 Å². The van der Waals surface area contributed by atoms with E-state index in [9.17, 15) is 5.11 Å². The molecular formula is C17H21NO2. The fourth-order valence-corrected chi connectivity index (χ4v) is 3.98. The molecule has 0 amide bonds. The Morgan fingerprint density at radius 1 is 1.20 bits per heavy atom. The van der Waals surface area contributed by atoms with Gasteiger partial charge in [0.2, 0.25) is 0 Å². The van der Waals surface area contributed by atoms with Gasteiger partial charge in [-0.05, 0) is 43.0 Å². The van der Waals surface area contributed by atoms with E-state index >= 15 is 0 Å². The summed E-state index contributed by atoms with van der Waals surface area (Å²) in [5.74, 6) is 0. The lowest BCUT2D eigenvalue weighted by Gasteiger charge is -2.50. The van der Waals surface area contributed by atoms with Gasteiger partial charge in [0.05, 0.1) is 18.8 Å². The number of ether oxygens (including phenoxy) is 1. The summed E-state index contributed by atoms with van der Waals surface area (Å²) in [4.78, 5) is 2.39. The molecule has 20 heavy (non-hydrogen) atoms. The SMILES string of the molecule is CN1C2COCC1CC(O)(C1=Cc3ccccc3C1)C2. The van der Waals surface area contributed by atoms with Crippen LogP contribution in [0.25, 0.3) is 6.08 Å². The number of hydrogen-bond donors (Lipinski definition) is 1. The minimum atomic E-state index is -0.648. The van der Waals surface area contributed by atoms with E-state index in [-0.39, 0.29) is 0 Å². The average molecular weight is 271 g/mol. The first-order chi connectivity index (χ1) is 9.66. The fourth-order valence-electron chi connectivity index (χ4n) is 3.98. The number of rotatable bonds is 1. The van der Waals surface area contributed by atoms with Crippen LogP contribution in [0.5, 0.6) is 0 Å². The number of morpholine rings is 1. The molecule has 2 unspecified atom stereocenters. The highest BCUT2D eigenvalue weighted by molar-refractivity contribution is 5.65. The van der Waals surface area contributed by atoms with E-state index < -0.39 is 5.60 Å². The van der Waals surface area contributed by atoms with Crippen molar-refractivity contribution in [2.45, 2.75) is 36.9 Å². The van der Waals surface area contributed by atoms with Crippen LogP contribution in [0.15, 0.2) is 29.8 Å². The fraction of sp³-hybridized carbons (Fsp3) is 0.529. The minimum absolute atomic E-state index is 0.345. The molecule has 1 aromatic rings. The standard InChI is InChI=1S/C17H21NO2/c1-18-15-8-17(19,9-16(18)11-20-10-15)14-6-12-4-2-3-5-13(12)7-14/h2-6,15-16,19H,7-11H2,1H3. The van der Waals surface area contributed by atoms with Crippen molar-refractivity contribution in [1.82, 2.24) is 4.90 Å². The smallest absolute Gasteiger partial charge is 0.0894 e. The molecule has 106 valence electrons. The van der Waals surface area contributed by atoms with Crippen LogP contribution in [-0.2, 0) is 11.2 Å². The maximum atomic E-state index is 11.2. The third-order valence-corrected chi connectivity index (χ3v) is 5.28. The maximum absolute atomic E-state index is 11.2. The molecule has 2 atom stereocenters. The van der Waals surface area contributed by atoms with Gasteiger partial charge in [-0.1, -0.05) is 30.3 Å². The summed E-state index contributed by atoms with van der Waals surface area (Å²) < 4.78 is 5.65. The molecule has 3 aliphatic rings. The Morgan fingerprint density at radius 2 is 1.90 bits per heavy atom. The highest BCUT2D eigenvalue weighted by Crippen LogP contribution is 2.42. The Morgan fingerprint density at radius 3 is 2.60 bits per heavy atom. The third kappa shape index (κ3) is 1.85. The quantitative estimate of drug-likeness (QED) is 0.846. The van der Waals surface area contributed by atoms with Crippen LogP contribution in [0, 0.1) is 0 Å². The van der Waals surface area contributed by atoms with E-state index in [2.05, 4.69) is 42.3 Å². The van der Waals surface area contributed by atoms with Crippen LogP contribution in [0.4, 0.5) is 0 Å². The zero-order chi connectivity index (χ0) is 13.7. The van der Waals surface area contributed by atoms with Crippen LogP contribution in [0.2, 0.25) is 0 Å². The van der Waals surface area contributed by atoms with Crippen molar-refractivity contribution in [1.29, 1.82) is 0 Å². The average Bonchev–Trinajstić information content (AvgIpc) is 2.85. The Balaban J connectivity index is 1.63. The van der Waals surface area contributed by atoms with Crippen molar-refractivity contribution in [3.05, 3.63) is 41.0 Å². The number of aliphatic hydroxyl groups is 1. The second kappa shape index (κ2) is 4.42. The Bertz CT molecular complexity index is 552. The first-order valence-electron chi connectivity index (χ1n) is 7.47. The number of piperidine rings is 1. The summed E-state index contributed by atoms with van der Waals surface area (Å²) in [5, 5.41) is 11.2. The molecule has 0 radical (unpaired) electrons. The van der Waals surface area contributed by atoms with Crippen LogP contribution >= 0.6 is 0 Å². The summed E-state index contributed by atoms with van der Waals surface area (Å²) in [6, 6.07) is 9.15. The number of fused-ring (bicyclic) bond motifs is 3. The molecule has 2 fully saturated rings. The lowest BCUT2D eigenvalue weighted by atomic mass is 9.76. The van der Waals surface area contributed by atoms with E-state index in [0.717, 1.165) is 32.5 Å². The summed E-state index contributed by atoms with van der Waals surface area (Å²) in [6.07, 6.45) is 4.69. The van der Waals surface area contributed by atoms with Gasteiger partial charge in [0.1, 0.15) is 0 Å². The number of likely N-dealkylation sites (N-methyl/N-ethyl adjacent to an activating group) is 1. The van der Waals surface area contributed by atoms with E-state index in [0.29, 0.717) is 12.1 Å². The third-order valence-electron chi connectivity index (χ3n) is 5.28. The maximum Gasteiger partial charge on any atom is 0.0894 e. The van der Waals surface area contributed by atoms with E-state index in [4.69, 9.17) is 4.74 Å². The normalized spacial score (nSPS) is 36.6. The van der Waals surface area contributed by atoms with Crippen molar-refractivity contribution < 1.29 is 9.84 Å². The largest absolute Gasteiger partial charge is 0.385 e. The number of benzene rings is 1. The first-order valence-corrected chi connectivity index (χ1v) is 7.47. The highest BCUT2D eigenvalue weighted by Gasteiger charge is 2.47. The van der Waals surface area contributed by atoms with Crippen LogP contribution < -0.4 is 0 Å². The topological polar surface area (TPSA) is 32.7 Å². The molecule has 0 spiro atoms. The molecule has 1 aliphatic carbocycles. The Kier molecular flexibility index (Phi) is 2.78. The van der Waals surface area contributed by atoms with Crippen LogP contribution in [0.1, 0.15) is 24.0 Å². The Hall–Kier alpha value is -1.16. The molecule has 2 saturated heterocycles. The molecule has 0 saturated carbocycles. The lowest BCUT2D eigenvalue weighted by molar-refractivity contribution is -0.120. The van der Waals surface area contributed by atoms with Crippen molar-refractivity contribution in [3.8, 4) is 0 Å². The van der Waals surface area contributed by atoms with Gasteiger partial charge in [0.25, 0.3) is 0 Å². The minimum Gasteiger partial charge on any atom is -0.385 e. The second-order valence-corrected chi connectivity index (χ2v) is 6.50.